The number of ether oxygens (including phenoxy) is 1. The van der Waals surface area contributed by atoms with Crippen molar-refractivity contribution in [3.05, 3.63) is 83.6 Å². The summed E-state index contributed by atoms with van der Waals surface area (Å²) < 4.78 is 5.34. The number of benzene rings is 2. The molecule has 5 nitrogen and oxygen atoms in total. The lowest BCUT2D eigenvalue weighted by atomic mass is 10.1. The molecule has 0 radical (unpaired) electrons. The minimum absolute atomic E-state index is 0.148. The number of pyridine rings is 1. The topological polar surface area (TPSA) is 63.2 Å². The van der Waals surface area contributed by atoms with E-state index in [1.165, 1.54) is 0 Å². The highest BCUT2D eigenvalue weighted by Crippen LogP contribution is 2.19. The SMILES string of the molecule is COc1ccccc1CNc1ccc(NC(=O)c2cccc(C)c2)cn1. The van der Waals surface area contributed by atoms with Crippen LogP contribution in [0.1, 0.15) is 21.5 Å². The van der Waals surface area contributed by atoms with Crippen LogP contribution < -0.4 is 15.4 Å². The number of methoxy groups -OCH3 is 1. The summed E-state index contributed by atoms with van der Waals surface area (Å²) in [5, 5.41) is 6.11. The van der Waals surface area contributed by atoms with Crippen LogP contribution in [-0.4, -0.2) is 18.0 Å². The van der Waals surface area contributed by atoms with E-state index in [0.717, 1.165) is 22.7 Å². The molecule has 0 fully saturated rings. The van der Waals surface area contributed by atoms with Gasteiger partial charge in [-0.05, 0) is 37.3 Å². The van der Waals surface area contributed by atoms with E-state index in [-0.39, 0.29) is 5.91 Å². The molecular formula is C21H21N3O2. The Hall–Kier alpha value is -3.34. The van der Waals surface area contributed by atoms with Crippen LogP contribution in [0.25, 0.3) is 0 Å². The Kier molecular flexibility index (Phi) is 5.49. The summed E-state index contributed by atoms with van der Waals surface area (Å²) >= 11 is 0. The first-order valence-corrected chi connectivity index (χ1v) is 8.35. The van der Waals surface area contributed by atoms with E-state index >= 15 is 0 Å². The van der Waals surface area contributed by atoms with E-state index in [2.05, 4.69) is 15.6 Å². The monoisotopic (exact) mass is 347 g/mol. The molecule has 26 heavy (non-hydrogen) atoms. The molecule has 0 atom stereocenters. The maximum Gasteiger partial charge on any atom is 0.255 e. The van der Waals surface area contributed by atoms with Crippen LogP contribution in [-0.2, 0) is 6.54 Å². The standard InChI is InChI=1S/C21H21N3O2/c1-15-6-5-8-16(12-15)21(25)24-18-10-11-20(23-14-18)22-13-17-7-3-4-9-19(17)26-2/h3-12,14H,13H2,1-2H3,(H,22,23)(H,24,25). The Morgan fingerprint density at radius 1 is 1.08 bits per heavy atom. The summed E-state index contributed by atoms with van der Waals surface area (Å²) in [6.07, 6.45) is 1.64. The van der Waals surface area contributed by atoms with Gasteiger partial charge < -0.3 is 15.4 Å². The molecule has 0 saturated heterocycles. The van der Waals surface area contributed by atoms with Crippen molar-refractivity contribution in [2.24, 2.45) is 0 Å². The summed E-state index contributed by atoms with van der Waals surface area (Å²) in [5.74, 6) is 1.41. The minimum atomic E-state index is -0.148. The molecule has 5 heteroatoms. The molecule has 3 rings (SSSR count). The molecule has 2 aromatic carbocycles. The van der Waals surface area contributed by atoms with Crippen LogP contribution in [0.5, 0.6) is 5.75 Å². The molecule has 132 valence electrons. The van der Waals surface area contributed by atoms with E-state index in [1.807, 2.05) is 61.5 Å². The van der Waals surface area contributed by atoms with Crippen molar-refractivity contribution in [3.63, 3.8) is 0 Å². The third kappa shape index (κ3) is 4.39. The fraction of sp³-hybridized carbons (Fsp3) is 0.143. The largest absolute Gasteiger partial charge is 0.496 e. The highest BCUT2D eigenvalue weighted by Gasteiger charge is 2.07. The predicted molar refractivity (Wildman–Crippen MR) is 104 cm³/mol. The lowest BCUT2D eigenvalue weighted by molar-refractivity contribution is 0.102. The molecule has 1 amide bonds. The molecule has 3 aromatic rings. The first-order valence-electron chi connectivity index (χ1n) is 8.35. The number of nitrogens with zero attached hydrogens (tertiary/aromatic N) is 1. The quantitative estimate of drug-likeness (QED) is 0.699. The molecule has 0 aliphatic rings. The number of hydrogen-bond donors (Lipinski definition) is 2. The van der Waals surface area contributed by atoms with Gasteiger partial charge in [-0.3, -0.25) is 4.79 Å². The molecule has 0 unspecified atom stereocenters. The lowest BCUT2D eigenvalue weighted by Gasteiger charge is -2.10. The van der Waals surface area contributed by atoms with Crippen molar-refractivity contribution in [1.29, 1.82) is 0 Å². The summed E-state index contributed by atoms with van der Waals surface area (Å²) in [6, 6.07) is 19.0. The Labute approximate surface area is 153 Å². The van der Waals surface area contributed by atoms with Crippen LogP contribution in [0.3, 0.4) is 0 Å². The maximum absolute atomic E-state index is 12.3. The maximum atomic E-state index is 12.3. The number of rotatable bonds is 6. The Morgan fingerprint density at radius 2 is 1.92 bits per heavy atom. The van der Waals surface area contributed by atoms with Gasteiger partial charge in [-0.15, -0.1) is 0 Å². The Balaban J connectivity index is 1.60. The van der Waals surface area contributed by atoms with Gasteiger partial charge in [0.25, 0.3) is 5.91 Å². The number of carbonyl (C=O) groups is 1. The molecule has 0 spiro atoms. The normalized spacial score (nSPS) is 10.2. The van der Waals surface area contributed by atoms with Crippen molar-refractivity contribution in [2.45, 2.75) is 13.5 Å². The smallest absolute Gasteiger partial charge is 0.255 e. The fourth-order valence-corrected chi connectivity index (χ4v) is 2.60. The zero-order valence-electron chi connectivity index (χ0n) is 14.8. The number of anilines is 2. The molecule has 2 N–H and O–H groups in total. The second kappa shape index (κ2) is 8.16. The molecule has 0 saturated carbocycles. The Morgan fingerprint density at radius 3 is 2.65 bits per heavy atom. The Bertz CT molecular complexity index is 892. The second-order valence-corrected chi connectivity index (χ2v) is 5.92. The molecular weight excluding hydrogens is 326 g/mol. The number of amides is 1. The molecule has 0 aliphatic heterocycles. The van der Waals surface area contributed by atoms with Crippen LogP contribution in [0.4, 0.5) is 11.5 Å². The average molecular weight is 347 g/mol. The predicted octanol–water partition coefficient (Wildman–Crippen LogP) is 4.26. The van der Waals surface area contributed by atoms with Crippen molar-refractivity contribution in [2.75, 3.05) is 17.7 Å². The minimum Gasteiger partial charge on any atom is -0.496 e. The first kappa shape index (κ1) is 17.5. The average Bonchev–Trinajstić information content (AvgIpc) is 2.67. The van der Waals surface area contributed by atoms with Gasteiger partial charge in [-0.25, -0.2) is 4.98 Å². The highest BCUT2D eigenvalue weighted by atomic mass is 16.5. The van der Waals surface area contributed by atoms with Gasteiger partial charge in [0.1, 0.15) is 11.6 Å². The summed E-state index contributed by atoms with van der Waals surface area (Å²) in [4.78, 5) is 16.6. The van der Waals surface area contributed by atoms with E-state index in [1.54, 1.807) is 19.4 Å². The zero-order valence-corrected chi connectivity index (χ0v) is 14.8. The number of carbonyl (C=O) groups excluding carboxylic acids is 1. The van der Waals surface area contributed by atoms with Crippen molar-refractivity contribution in [3.8, 4) is 5.75 Å². The summed E-state index contributed by atoms with van der Waals surface area (Å²) in [6.45, 7) is 2.56. The van der Waals surface area contributed by atoms with Gasteiger partial charge in [-0.1, -0.05) is 35.9 Å². The summed E-state index contributed by atoms with van der Waals surface area (Å²) in [7, 11) is 1.66. The van der Waals surface area contributed by atoms with E-state index in [4.69, 9.17) is 4.74 Å². The summed E-state index contributed by atoms with van der Waals surface area (Å²) in [5.41, 5.74) is 3.38. The van der Waals surface area contributed by atoms with Crippen molar-refractivity contribution < 1.29 is 9.53 Å². The lowest BCUT2D eigenvalue weighted by Crippen LogP contribution is -2.12. The van der Waals surface area contributed by atoms with E-state index in [9.17, 15) is 4.79 Å². The van der Waals surface area contributed by atoms with Crippen LogP contribution in [0, 0.1) is 6.92 Å². The van der Waals surface area contributed by atoms with Gasteiger partial charge in [0.05, 0.1) is 19.0 Å². The van der Waals surface area contributed by atoms with E-state index < -0.39 is 0 Å². The van der Waals surface area contributed by atoms with Gasteiger partial charge in [0.15, 0.2) is 0 Å². The fourth-order valence-electron chi connectivity index (χ4n) is 2.60. The van der Waals surface area contributed by atoms with Crippen LogP contribution in [0.2, 0.25) is 0 Å². The third-order valence-corrected chi connectivity index (χ3v) is 3.95. The van der Waals surface area contributed by atoms with Crippen LogP contribution >= 0.6 is 0 Å². The third-order valence-electron chi connectivity index (χ3n) is 3.95. The van der Waals surface area contributed by atoms with E-state index in [0.29, 0.717) is 17.8 Å². The van der Waals surface area contributed by atoms with Gasteiger partial charge in [0.2, 0.25) is 0 Å². The number of nitrogens with one attached hydrogen (secondary N) is 2. The number of aryl methyl sites for hydroxylation is 1. The number of aromatic nitrogens is 1. The zero-order chi connectivity index (χ0) is 18.4. The van der Waals surface area contributed by atoms with Gasteiger partial charge in [0, 0.05) is 17.7 Å². The number of hydrogen-bond acceptors (Lipinski definition) is 4. The molecule has 1 heterocycles. The van der Waals surface area contributed by atoms with Crippen LogP contribution in [0.15, 0.2) is 66.9 Å². The molecule has 0 aliphatic carbocycles. The van der Waals surface area contributed by atoms with Gasteiger partial charge in [-0.2, -0.15) is 0 Å². The van der Waals surface area contributed by atoms with Crippen molar-refractivity contribution >= 4 is 17.4 Å². The molecule has 1 aromatic heterocycles. The first-order chi connectivity index (χ1) is 12.7. The molecule has 0 bridgehead atoms. The number of para-hydroxylation sites is 1. The second-order valence-electron chi connectivity index (χ2n) is 5.92. The van der Waals surface area contributed by atoms with Gasteiger partial charge >= 0.3 is 0 Å². The highest BCUT2D eigenvalue weighted by molar-refractivity contribution is 6.04. The van der Waals surface area contributed by atoms with Crippen molar-refractivity contribution in [1.82, 2.24) is 4.98 Å².